The zero-order valence-electron chi connectivity index (χ0n) is 21.1. The van der Waals surface area contributed by atoms with Gasteiger partial charge in [0.2, 0.25) is 26.0 Å². The van der Waals surface area contributed by atoms with Crippen molar-refractivity contribution >= 4 is 36.7 Å². The van der Waals surface area contributed by atoms with E-state index in [1.54, 1.807) is 43.3 Å². The highest BCUT2D eigenvalue weighted by Crippen LogP contribution is 2.20. The predicted molar refractivity (Wildman–Crippen MR) is 145 cm³/mol. The predicted octanol–water partition coefficient (Wildman–Crippen LogP) is 2.49. The van der Waals surface area contributed by atoms with Gasteiger partial charge in [0.1, 0.15) is 6.04 Å². The van der Waals surface area contributed by atoms with Crippen molar-refractivity contribution in [2.45, 2.75) is 30.7 Å². The van der Waals surface area contributed by atoms with Crippen LogP contribution in [0.5, 0.6) is 0 Å². The number of benzene rings is 3. The largest absolute Gasteiger partial charge is 0.339 e. The lowest BCUT2D eigenvalue weighted by Crippen LogP contribution is -2.56. The summed E-state index contributed by atoms with van der Waals surface area (Å²) in [6.45, 7) is 2.43. The van der Waals surface area contributed by atoms with Gasteiger partial charge in [0.15, 0.2) is 0 Å². The van der Waals surface area contributed by atoms with Crippen molar-refractivity contribution in [2.75, 3.05) is 31.9 Å². The Morgan fingerprint density at radius 2 is 1.66 bits per heavy atom. The Morgan fingerprint density at radius 3 is 2.34 bits per heavy atom. The van der Waals surface area contributed by atoms with Gasteiger partial charge in [-0.3, -0.25) is 4.79 Å². The summed E-state index contributed by atoms with van der Waals surface area (Å²) >= 11 is 0. The maximum atomic E-state index is 13.6. The van der Waals surface area contributed by atoms with Crippen molar-refractivity contribution in [2.24, 2.45) is 0 Å². The molecule has 3 aromatic carbocycles. The van der Waals surface area contributed by atoms with Crippen LogP contribution < -0.4 is 4.72 Å². The maximum absolute atomic E-state index is 13.6. The van der Waals surface area contributed by atoms with Crippen LogP contribution in [-0.2, 0) is 31.3 Å². The van der Waals surface area contributed by atoms with Crippen molar-refractivity contribution in [3.63, 3.8) is 0 Å². The molecule has 0 radical (unpaired) electrons. The minimum atomic E-state index is -4.08. The molecule has 1 amide bonds. The van der Waals surface area contributed by atoms with Crippen LogP contribution in [0.3, 0.4) is 0 Å². The molecule has 1 heterocycles. The van der Waals surface area contributed by atoms with Crippen molar-refractivity contribution in [3.8, 4) is 6.07 Å². The summed E-state index contributed by atoms with van der Waals surface area (Å²) < 4.78 is 55.7. The van der Waals surface area contributed by atoms with Crippen LogP contribution in [0.2, 0.25) is 0 Å². The van der Waals surface area contributed by atoms with E-state index in [0.29, 0.717) is 17.5 Å². The molecule has 9 nitrogen and oxygen atoms in total. The number of hydrogen-bond donors (Lipinski definition) is 1. The third-order valence-corrected chi connectivity index (χ3v) is 10.1. The van der Waals surface area contributed by atoms with Crippen LogP contribution in [0, 0.1) is 11.3 Å². The fourth-order valence-electron chi connectivity index (χ4n) is 4.57. The van der Waals surface area contributed by atoms with E-state index in [1.807, 2.05) is 24.3 Å². The molecule has 0 bridgehead atoms. The maximum Gasteiger partial charge on any atom is 0.241 e. The van der Waals surface area contributed by atoms with Crippen molar-refractivity contribution in [3.05, 3.63) is 77.9 Å². The van der Waals surface area contributed by atoms with Crippen LogP contribution >= 0.6 is 0 Å². The van der Waals surface area contributed by atoms with E-state index in [1.165, 1.54) is 15.3 Å². The second kappa shape index (κ2) is 11.6. The highest BCUT2D eigenvalue weighted by molar-refractivity contribution is 7.89. The Kier molecular flexibility index (Phi) is 8.47. The molecule has 11 heteroatoms. The highest BCUT2D eigenvalue weighted by Gasteiger charge is 2.33. The number of amides is 1. The number of carbonyl (C=O) groups is 1. The van der Waals surface area contributed by atoms with E-state index in [0.717, 1.165) is 10.8 Å². The fourth-order valence-corrected chi connectivity index (χ4v) is 7.28. The number of carbonyl (C=O) groups excluding carboxylic acids is 1. The van der Waals surface area contributed by atoms with Gasteiger partial charge in [-0.1, -0.05) is 49.4 Å². The zero-order chi connectivity index (χ0) is 27.3. The third-order valence-electron chi connectivity index (χ3n) is 6.53. The summed E-state index contributed by atoms with van der Waals surface area (Å²) in [6, 6.07) is 19.8. The van der Waals surface area contributed by atoms with E-state index >= 15 is 0 Å². The van der Waals surface area contributed by atoms with E-state index < -0.39 is 32.0 Å². The van der Waals surface area contributed by atoms with Gasteiger partial charge in [0.05, 0.1) is 22.3 Å². The highest BCUT2D eigenvalue weighted by atomic mass is 32.2. The SMILES string of the molecule is CCCS(=O)(=O)N1CCN(C(=O)C(Cc2cccc(C#N)c2)NS(=O)(=O)c2ccc3ccccc3c2)CC1. The molecule has 0 spiro atoms. The second-order valence-electron chi connectivity index (χ2n) is 9.24. The first-order chi connectivity index (χ1) is 18.1. The number of nitriles is 1. The molecule has 0 aromatic heterocycles. The molecule has 1 unspecified atom stereocenters. The average molecular weight is 555 g/mol. The smallest absolute Gasteiger partial charge is 0.241 e. The number of hydrogen-bond acceptors (Lipinski definition) is 6. The van der Waals surface area contributed by atoms with Crippen molar-refractivity contribution < 1.29 is 21.6 Å². The molecule has 1 fully saturated rings. The molecular formula is C27H30N4O5S2. The molecule has 0 saturated carbocycles. The quantitative estimate of drug-likeness (QED) is 0.433. The molecule has 3 aromatic rings. The summed E-state index contributed by atoms with van der Waals surface area (Å²) in [5, 5.41) is 10.9. The van der Waals surface area contributed by atoms with Gasteiger partial charge < -0.3 is 4.90 Å². The van der Waals surface area contributed by atoms with Crippen LogP contribution in [0.15, 0.2) is 71.6 Å². The number of fused-ring (bicyclic) bond motifs is 1. The lowest BCUT2D eigenvalue weighted by Gasteiger charge is -2.36. The Labute approximate surface area is 223 Å². The Bertz CT molecular complexity index is 1570. The minimum absolute atomic E-state index is 0.0372. The number of rotatable bonds is 9. The van der Waals surface area contributed by atoms with Crippen molar-refractivity contribution in [1.29, 1.82) is 5.26 Å². The average Bonchev–Trinajstić information content (AvgIpc) is 2.92. The summed E-state index contributed by atoms with van der Waals surface area (Å²) in [5.74, 6) is -0.395. The van der Waals surface area contributed by atoms with Gasteiger partial charge in [0.25, 0.3) is 0 Å². The molecule has 1 saturated heterocycles. The van der Waals surface area contributed by atoms with Crippen molar-refractivity contribution in [1.82, 2.24) is 13.9 Å². The van der Waals surface area contributed by atoms with E-state index in [9.17, 15) is 26.9 Å². The molecule has 1 aliphatic rings. The number of nitrogens with one attached hydrogen (secondary N) is 1. The Morgan fingerprint density at radius 1 is 0.947 bits per heavy atom. The van der Waals surface area contributed by atoms with Gasteiger partial charge >= 0.3 is 0 Å². The Hall–Kier alpha value is -3.30. The zero-order valence-corrected chi connectivity index (χ0v) is 22.7. The normalized spacial score (nSPS) is 15.7. The van der Waals surface area contributed by atoms with E-state index in [-0.39, 0.29) is 43.2 Å². The van der Waals surface area contributed by atoms with Gasteiger partial charge in [-0.15, -0.1) is 0 Å². The molecule has 4 rings (SSSR count). The lowest BCUT2D eigenvalue weighted by molar-refractivity contribution is -0.134. The van der Waals surface area contributed by atoms with Crippen LogP contribution in [-0.4, -0.2) is 69.9 Å². The van der Waals surface area contributed by atoms with Crippen LogP contribution in [0.25, 0.3) is 10.8 Å². The van der Waals surface area contributed by atoms with E-state index in [4.69, 9.17) is 0 Å². The second-order valence-corrected chi connectivity index (χ2v) is 13.0. The lowest BCUT2D eigenvalue weighted by atomic mass is 10.0. The van der Waals surface area contributed by atoms with E-state index in [2.05, 4.69) is 10.8 Å². The number of nitrogens with zero attached hydrogens (tertiary/aromatic N) is 3. The first-order valence-corrected chi connectivity index (χ1v) is 15.5. The summed E-state index contributed by atoms with van der Waals surface area (Å²) in [6.07, 6.45) is 0.539. The third kappa shape index (κ3) is 6.39. The minimum Gasteiger partial charge on any atom is -0.339 e. The standard InChI is InChI=1S/C27H30N4O5S2/c1-2-16-37(33,34)31-14-12-30(13-15-31)27(32)26(18-21-6-5-7-22(17-21)20-28)29-38(35,36)25-11-10-23-8-3-4-9-24(23)19-25/h3-11,17,19,26,29H,2,12-16,18H2,1H3. The number of sulfonamides is 2. The molecular weight excluding hydrogens is 524 g/mol. The monoisotopic (exact) mass is 554 g/mol. The summed E-state index contributed by atoms with van der Waals surface area (Å²) in [5.41, 5.74) is 1.04. The first-order valence-electron chi connectivity index (χ1n) is 12.4. The molecule has 1 atom stereocenters. The molecule has 1 N–H and O–H groups in total. The van der Waals surface area contributed by atoms with Crippen LogP contribution in [0.1, 0.15) is 24.5 Å². The Balaban J connectivity index is 1.59. The number of piperazine rings is 1. The van der Waals surface area contributed by atoms with Gasteiger partial charge in [-0.25, -0.2) is 16.8 Å². The molecule has 38 heavy (non-hydrogen) atoms. The fraction of sp³-hybridized carbons (Fsp3) is 0.333. The summed E-state index contributed by atoms with van der Waals surface area (Å²) in [4.78, 5) is 15.2. The van der Waals surface area contributed by atoms with Gasteiger partial charge in [-0.2, -0.15) is 14.3 Å². The molecule has 200 valence electrons. The topological polar surface area (TPSA) is 128 Å². The first kappa shape index (κ1) is 27.7. The van der Waals surface area contributed by atoms with Gasteiger partial charge in [-0.05, 0) is 53.4 Å². The summed E-state index contributed by atoms with van der Waals surface area (Å²) in [7, 11) is -7.47. The molecule has 0 aliphatic carbocycles. The van der Waals surface area contributed by atoms with Gasteiger partial charge in [0, 0.05) is 26.2 Å². The van der Waals surface area contributed by atoms with Crippen LogP contribution in [0.4, 0.5) is 0 Å². The molecule has 1 aliphatic heterocycles.